The number of hydrogen-bond acceptors (Lipinski definition) is 4. The highest BCUT2D eigenvalue weighted by atomic mass is 16.1. The monoisotopic (exact) mass is 380 g/mol. The Balaban J connectivity index is 1.59. The molecule has 5 nitrogen and oxygen atoms in total. The summed E-state index contributed by atoms with van der Waals surface area (Å²) < 4.78 is 0. The first-order chi connectivity index (χ1) is 13.6. The Morgan fingerprint density at radius 1 is 1.36 bits per heavy atom. The third-order valence-electron chi connectivity index (χ3n) is 4.73. The summed E-state index contributed by atoms with van der Waals surface area (Å²) in [5.74, 6) is 0.512. The van der Waals surface area contributed by atoms with E-state index in [2.05, 4.69) is 59.3 Å². The van der Waals surface area contributed by atoms with Gasteiger partial charge in [-0.15, -0.1) is 0 Å². The van der Waals surface area contributed by atoms with Gasteiger partial charge in [0, 0.05) is 30.7 Å². The highest BCUT2D eigenvalue weighted by Crippen LogP contribution is 2.27. The standard InChI is InChI=1S/C23H32N4O/c1-4-9-19(3)27(5-2)26-15-12-23(28)25-14-8-13-24-22-17-20-10-6-7-11-21(16-20)18-22/h4-7,9-11,15-16,20,22,24H,1-2,8,12-14,17-18H2,3H3,(H,25,28)/b19-9+,26-15-. The van der Waals surface area contributed by atoms with Crippen molar-refractivity contribution in [2.45, 2.75) is 38.6 Å². The minimum atomic E-state index is -0.0257. The van der Waals surface area contributed by atoms with Crippen molar-refractivity contribution in [1.29, 1.82) is 0 Å². The van der Waals surface area contributed by atoms with E-state index in [1.807, 2.05) is 13.0 Å². The molecular formula is C23H32N4O. The minimum absolute atomic E-state index is 0.0257. The first-order valence-corrected chi connectivity index (χ1v) is 9.91. The Hall–Kier alpha value is -2.66. The highest BCUT2D eigenvalue weighted by molar-refractivity contribution is 5.89. The number of amides is 1. The normalized spacial score (nSPS) is 21.2. The van der Waals surface area contributed by atoms with E-state index in [1.165, 1.54) is 5.57 Å². The van der Waals surface area contributed by atoms with Gasteiger partial charge in [0.05, 0.1) is 6.42 Å². The van der Waals surface area contributed by atoms with Crippen molar-refractivity contribution in [2.24, 2.45) is 11.0 Å². The van der Waals surface area contributed by atoms with Crippen LogP contribution >= 0.6 is 0 Å². The molecule has 0 fully saturated rings. The smallest absolute Gasteiger partial charge is 0.225 e. The van der Waals surface area contributed by atoms with Crippen molar-refractivity contribution in [1.82, 2.24) is 15.6 Å². The van der Waals surface area contributed by atoms with Crippen molar-refractivity contribution < 1.29 is 4.79 Å². The lowest BCUT2D eigenvalue weighted by Crippen LogP contribution is -2.35. The van der Waals surface area contributed by atoms with Crippen molar-refractivity contribution in [2.75, 3.05) is 13.1 Å². The zero-order chi connectivity index (χ0) is 20.2. The molecule has 0 aromatic rings. The molecular weight excluding hydrogens is 348 g/mol. The maximum Gasteiger partial charge on any atom is 0.225 e. The molecule has 2 rings (SSSR count). The van der Waals surface area contributed by atoms with Gasteiger partial charge >= 0.3 is 0 Å². The van der Waals surface area contributed by atoms with Gasteiger partial charge in [-0.2, -0.15) is 5.10 Å². The Morgan fingerprint density at radius 3 is 3.00 bits per heavy atom. The first-order valence-electron chi connectivity index (χ1n) is 9.91. The summed E-state index contributed by atoms with van der Waals surface area (Å²) in [5.41, 5.74) is 2.30. The fourth-order valence-corrected chi connectivity index (χ4v) is 3.34. The molecule has 0 aromatic heterocycles. The number of hydrazone groups is 1. The lowest BCUT2D eigenvalue weighted by atomic mass is 9.87. The van der Waals surface area contributed by atoms with Crippen molar-refractivity contribution in [3.05, 3.63) is 73.2 Å². The maximum atomic E-state index is 11.9. The van der Waals surface area contributed by atoms with Crippen LogP contribution in [-0.4, -0.2) is 36.3 Å². The van der Waals surface area contributed by atoms with Crippen LogP contribution in [0.5, 0.6) is 0 Å². The molecule has 150 valence electrons. The third-order valence-corrected chi connectivity index (χ3v) is 4.73. The quantitative estimate of drug-likeness (QED) is 0.248. The number of fused-ring (bicyclic) bond motifs is 1. The molecule has 0 radical (unpaired) electrons. The number of nitrogens with one attached hydrogen (secondary N) is 2. The van der Waals surface area contributed by atoms with Crippen LogP contribution in [0.2, 0.25) is 0 Å². The number of carbonyl (C=O) groups excluding carboxylic acids is 1. The zero-order valence-corrected chi connectivity index (χ0v) is 16.8. The largest absolute Gasteiger partial charge is 0.356 e. The molecule has 2 bridgehead atoms. The van der Waals surface area contributed by atoms with Crippen LogP contribution in [0, 0.1) is 5.92 Å². The second-order valence-corrected chi connectivity index (χ2v) is 7.02. The summed E-state index contributed by atoms with van der Waals surface area (Å²) in [6, 6.07) is 0.511. The van der Waals surface area contributed by atoms with Gasteiger partial charge in [0.15, 0.2) is 0 Å². The highest BCUT2D eigenvalue weighted by Gasteiger charge is 2.20. The van der Waals surface area contributed by atoms with Crippen LogP contribution in [0.15, 0.2) is 78.3 Å². The molecule has 28 heavy (non-hydrogen) atoms. The van der Waals surface area contributed by atoms with Gasteiger partial charge in [-0.25, -0.2) is 5.01 Å². The van der Waals surface area contributed by atoms with E-state index in [4.69, 9.17) is 0 Å². The van der Waals surface area contributed by atoms with E-state index in [9.17, 15) is 4.79 Å². The lowest BCUT2D eigenvalue weighted by molar-refractivity contribution is -0.119. The molecule has 2 N–H and O–H groups in total. The Labute approximate surface area is 169 Å². The van der Waals surface area contributed by atoms with Crippen LogP contribution in [0.1, 0.15) is 32.6 Å². The van der Waals surface area contributed by atoms with E-state index in [0.29, 0.717) is 18.5 Å². The van der Waals surface area contributed by atoms with E-state index >= 15 is 0 Å². The molecule has 1 amide bonds. The van der Waals surface area contributed by atoms with Crippen molar-refractivity contribution >= 4 is 12.1 Å². The van der Waals surface area contributed by atoms with Crippen LogP contribution in [0.4, 0.5) is 0 Å². The van der Waals surface area contributed by atoms with Crippen LogP contribution < -0.4 is 10.6 Å². The molecule has 0 heterocycles. The molecule has 0 spiro atoms. The molecule has 2 unspecified atom stereocenters. The average molecular weight is 381 g/mol. The van der Waals surface area contributed by atoms with Gasteiger partial charge in [-0.05, 0) is 50.3 Å². The molecule has 0 saturated carbocycles. The fourth-order valence-electron chi connectivity index (χ4n) is 3.34. The average Bonchev–Trinajstić information content (AvgIpc) is 2.85. The summed E-state index contributed by atoms with van der Waals surface area (Å²) in [5, 5.41) is 12.4. The summed E-state index contributed by atoms with van der Waals surface area (Å²) >= 11 is 0. The Kier molecular flexibility index (Phi) is 9.22. The van der Waals surface area contributed by atoms with Crippen LogP contribution in [0.3, 0.4) is 0 Å². The molecule has 2 atom stereocenters. The van der Waals surface area contributed by atoms with Gasteiger partial charge < -0.3 is 10.6 Å². The van der Waals surface area contributed by atoms with E-state index in [1.54, 1.807) is 23.5 Å². The second-order valence-electron chi connectivity index (χ2n) is 7.02. The molecule has 0 aromatic carbocycles. The number of allylic oxidation sites excluding steroid dienone is 8. The number of carbonyl (C=O) groups is 1. The number of rotatable bonds is 11. The predicted molar refractivity (Wildman–Crippen MR) is 118 cm³/mol. The summed E-state index contributed by atoms with van der Waals surface area (Å²) in [6.45, 7) is 10.8. The predicted octanol–water partition coefficient (Wildman–Crippen LogP) is 3.82. The van der Waals surface area contributed by atoms with Gasteiger partial charge in [0.1, 0.15) is 0 Å². The van der Waals surface area contributed by atoms with Crippen LogP contribution in [-0.2, 0) is 4.79 Å². The van der Waals surface area contributed by atoms with Gasteiger partial charge in [0.2, 0.25) is 5.91 Å². The maximum absolute atomic E-state index is 11.9. The number of hydrogen-bond donors (Lipinski definition) is 2. The van der Waals surface area contributed by atoms with E-state index in [0.717, 1.165) is 31.5 Å². The molecule has 2 aliphatic carbocycles. The van der Waals surface area contributed by atoms with Crippen LogP contribution in [0.25, 0.3) is 0 Å². The molecule has 0 saturated heterocycles. The van der Waals surface area contributed by atoms with E-state index < -0.39 is 0 Å². The van der Waals surface area contributed by atoms with Crippen molar-refractivity contribution in [3.8, 4) is 0 Å². The fraction of sp³-hybridized carbons (Fsp3) is 0.391. The van der Waals surface area contributed by atoms with Crippen molar-refractivity contribution in [3.63, 3.8) is 0 Å². The third kappa shape index (κ3) is 7.53. The summed E-state index contributed by atoms with van der Waals surface area (Å²) in [4.78, 5) is 11.9. The topological polar surface area (TPSA) is 56.7 Å². The minimum Gasteiger partial charge on any atom is -0.356 e. The van der Waals surface area contributed by atoms with Gasteiger partial charge in [-0.3, -0.25) is 4.79 Å². The second kappa shape index (κ2) is 11.9. The Morgan fingerprint density at radius 2 is 2.21 bits per heavy atom. The molecule has 0 aliphatic heterocycles. The Bertz CT molecular complexity index is 699. The van der Waals surface area contributed by atoms with E-state index in [-0.39, 0.29) is 12.3 Å². The lowest BCUT2D eigenvalue weighted by Gasteiger charge is -2.26. The SMILES string of the molecule is C=C/C=C(\C)N(C=C)/N=C\CC(=O)NCCCNC1CC2=CC(C=CC=C2)C1. The van der Waals surface area contributed by atoms with Gasteiger partial charge in [0.25, 0.3) is 0 Å². The molecule has 5 heteroatoms. The zero-order valence-electron chi connectivity index (χ0n) is 16.8. The number of nitrogens with zero attached hydrogens (tertiary/aromatic N) is 2. The first kappa shape index (κ1) is 21.6. The summed E-state index contributed by atoms with van der Waals surface area (Å²) in [7, 11) is 0. The molecule has 2 aliphatic rings. The summed E-state index contributed by atoms with van der Waals surface area (Å²) in [6.07, 6.45) is 21.2. The van der Waals surface area contributed by atoms with Gasteiger partial charge in [-0.1, -0.05) is 49.6 Å².